The topological polar surface area (TPSA) is 24.1 Å². The van der Waals surface area contributed by atoms with Gasteiger partial charge >= 0.3 is 0 Å². The van der Waals surface area contributed by atoms with Crippen LogP contribution in [0.4, 0.5) is 11.4 Å². The van der Waals surface area contributed by atoms with E-state index in [2.05, 4.69) is 61.7 Å². The summed E-state index contributed by atoms with van der Waals surface area (Å²) in [4.78, 5) is 0. The fourth-order valence-corrected chi connectivity index (χ4v) is 2.43. The van der Waals surface area contributed by atoms with Gasteiger partial charge in [0.25, 0.3) is 0 Å². The van der Waals surface area contributed by atoms with E-state index < -0.39 is 0 Å². The Morgan fingerprint density at radius 2 is 1.81 bits per heavy atom. The summed E-state index contributed by atoms with van der Waals surface area (Å²) in [5, 5.41) is 9.67. The molecule has 1 aliphatic heterocycles. The van der Waals surface area contributed by atoms with E-state index in [9.17, 15) is 0 Å². The number of rotatable bonds is 0. The molecule has 16 heavy (non-hydrogen) atoms. The van der Waals surface area contributed by atoms with Gasteiger partial charge in [-0.05, 0) is 37.8 Å². The molecule has 0 aromatic heterocycles. The highest BCUT2D eigenvalue weighted by molar-refractivity contribution is 6.06. The number of anilines is 2. The third-order valence-electron chi connectivity index (χ3n) is 3.14. The maximum absolute atomic E-state index is 3.56. The predicted octanol–water partition coefficient (Wildman–Crippen LogP) is 3.72. The van der Waals surface area contributed by atoms with Gasteiger partial charge in [-0.25, -0.2) is 0 Å². The molecule has 2 aromatic carbocycles. The first-order chi connectivity index (χ1) is 7.57. The SMILES string of the molecule is Cc1ccc2cccc3c2c1NC(C)(C)N3. The van der Waals surface area contributed by atoms with Gasteiger partial charge in [0.15, 0.2) is 0 Å². The highest BCUT2D eigenvalue weighted by atomic mass is 15.2. The minimum atomic E-state index is -0.0899. The van der Waals surface area contributed by atoms with Crippen molar-refractivity contribution in [2.24, 2.45) is 0 Å². The van der Waals surface area contributed by atoms with E-state index in [0.29, 0.717) is 0 Å². The van der Waals surface area contributed by atoms with Crippen molar-refractivity contribution in [1.29, 1.82) is 0 Å². The Morgan fingerprint density at radius 3 is 2.62 bits per heavy atom. The van der Waals surface area contributed by atoms with E-state index in [1.165, 1.54) is 27.7 Å². The summed E-state index contributed by atoms with van der Waals surface area (Å²) in [6, 6.07) is 10.8. The van der Waals surface area contributed by atoms with Crippen LogP contribution in [0.5, 0.6) is 0 Å². The molecule has 0 aliphatic carbocycles. The molecule has 0 saturated heterocycles. The van der Waals surface area contributed by atoms with Gasteiger partial charge in [-0.3, -0.25) is 0 Å². The lowest BCUT2D eigenvalue weighted by Gasteiger charge is -2.36. The van der Waals surface area contributed by atoms with Crippen molar-refractivity contribution in [2.75, 3.05) is 10.6 Å². The minimum Gasteiger partial charge on any atom is -0.363 e. The fraction of sp³-hybridized carbons (Fsp3) is 0.286. The first kappa shape index (κ1) is 9.52. The highest BCUT2D eigenvalue weighted by Gasteiger charge is 2.25. The monoisotopic (exact) mass is 212 g/mol. The van der Waals surface area contributed by atoms with Gasteiger partial charge in [0, 0.05) is 16.8 Å². The lowest BCUT2D eigenvalue weighted by molar-refractivity contribution is 0.648. The Balaban J connectivity index is 2.40. The largest absolute Gasteiger partial charge is 0.363 e. The van der Waals surface area contributed by atoms with Crippen molar-refractivity contribution in [2.45, 2.75) is 26.4 Å². The first-order valence-corrected chi connectivity index (χ1v) is 5.65. The predicted molar refractivity (Wildman–Crippen MR) is 70.0 cm³/mol. The molecule has 1 heterocycles. The molecule has 0 saturated carbocycles. The van der Waals surface area contributed by atoms with Crippen LogP contribution in [-0.4, -0.2) is 5.66 Å². The molecule has 0 bridgehead atoms. The number of aryl methyl sites for hydroxylation is 1. The Morgan fingerprint density at radius 1 is 1.00 bits per heavy atom. The standard InChI is InChI=1S/C14H16N2/c1-9-7-8-10-5-4-6-11-12(10)13(9)16-14(2,3)15-11/h4-8,15-16H,1-3H3. The lowest BCUT2D eigenvalue weighted by Crippen LogP contribution is -2.42. The molecule has 2 nitrogen and oxygen atoms in total. The minimum absolute atomic E-state index is 0.0899. The zero-order valence-electron chi connectivity index (χ0n) is 9.89. The summed E-state index contributed by atoms with van der Waals surface area (Å²) in [5.41, 5.74) is 3.69. The summed E-state index contributed by atoms with van der Waals surface area (Å²) < 4.78 is 0. The molecule has 0 spiro atoms. The molecule has 82 valence electrons. The van der Waals surface area contributed by atoms with E-state index >= 15 is 0 Å². The summed E-state index contributed by atoms with van der Waals surface area (Å²) in [6.45, 7) is 6.46. The van der Waals surface area contributed by atoms with Crippen LogP contribution >= 0.6 is 0 Å². The Hall–Kier alpha value is -1.70. The van der Waals surface area contributed by atoms with Crippen LogP contribution in [0.15, 0.2) is 30.3 Å². The maximum Gasteiger partial charge on any atom is 0.102 e. The van der Waals surface area contributed by atoms with Gasteiger partial charge in [-0.2, -0.15) is 0 Å². The summed E-state index contributed by atoms with van der Waals surface area (Å²) in [6.07, 6.45) is 0. The number of nitrogens with one attached hydrogen (secondary N) is 2. The quantitative estimate of drug-likeness (QED) is 0.695. The molecule has 2 aromatic rings. The molecule has 0 amide bonds. The Bertz CT molecular complexity index is 570. The van der Waals surface area contributed by atoms with Crippen molar-refractivity contribution < 1.29 is 0 Å². The molecule has 2 heteroatoms. The second-order valence-electron chi connectivity index (χ2n) is 5.04. The Labute approximate surface area is 95.7 Å². The van der Waals surface area contributed by atoms with Crippen LogP contribution in [0.25, 0.3) is 10.8 Å². The average molecular weight is 212 g/mol. The van der Waals surface area contributed by atoms with Crippen molar-refractivity contribution in [3.8, 4) is 0 Å². The molecule has 0 radical (unpaired) electrons. The third kappa shape index (κ3) is 1.26. The van der Waals surface area contributed by atoms with E-state index in [4.69, 9.17) is 0 Å². The third-order valence-corrected chi connectivity index (χ3v) is 3.14. The van der Waals surface area contributed by atoms with Gasteiger partial charge < -0.3 is 10.6 Å². The van der Waals surface area contributed by atoms with E-state index in [1.807, 2.05) is 0 Å². The Kier molecular flexibility index (Phi) is 1.73. The zero-order chi connectivity index (χ0) is 11.3. The van der Waals surface area contributed by atoms with Crippen LogP contribution in [0.3, 0.4) is 0 Å². The number of benzene rings is 2. The summed E-state index contributed by atoms with van der Waals surface area (Å²) >= 11 is 0. The summed E-state index contributed by atoms with van der Waals surface area (Å²) in [5.74, 6) is 0. The molecule has 0 atom stereocenters. The molecule has 2 N–H and O–H groups in total. The average Bonchev–Trinajstić information content (AvgIpc) is 2.21. The maximum atomic E-state index is 3.56. The van der Waals surface area contributed by atoms with Crippen LogP contribution in [0.2, 0.25) is 0 Å². The smallest absolute Gasteiger partial charge is 0.102 e. The fourth-order valence-electron chi connectivity index (χ4n) is 2.43. The number of hydrogen-bond acceptors (Lipinski definition) is 2. The van der Waals surface area contributed by atoms with E-state index in [1.54, 1.807) is 0 Å². The molecule has 3 rings (SSSR count). The molecular weight excluding hydrogens is 196 g/mol. The van der Waals surface area contributed by atoms with Crippen molar-refractivity contribution in [1.82, 2.24) is 0 Å². The van der Waals surface area contributed by atoms with Crippen LogP contribution in [-0.2, 0) is 0 Å². The van der Waals surface area contributed by atoms with Gasteiger partial charge in [0.05, 0.1) is 0 Å². The van der Waals surface area contributed by atoms with Crippen molar-refractivity contribution in [3.63, 3.8) is 0 Å². The zero-order valence-corrected chi connectivity index (χ0v) is 9.89. The van der Waals surface area contributed by atoms with Crippen molar-refractivity contribution in [3.05, 3.63) is 35.9 Å². The lowest BCUT2D eigenvalue weighted by atomic mass is 9.98. The normalized spacial score (nSPS) is 16.7. The first-order valence-electron chi connectivity index (χ1n) is 5.65. The van der Waals surface area contributed by atoms with Gasteiger partial charge in [0.1, 0.15) is 5.66 Å². The van der Waals surface area contributed by atoms with Crippen LogP contribution < -0.4 is 10.6 Å². The van der Waals surface area contributed by atoms with Gasteiger partial charge in [-0.15, -0.1) is 0 Å². The van der Waals surface area contributed by atoms with Gasteiger partial charge in [0.2, 0.25) is 0 Å². The molecule has 0 unspecified atom stereocenters. The second kappa shape index (κ2) is 2.91. The number of hydrogen-bond donors (Lipinski definition) is 2. The highest BCUT2D eigenvalue weighted by Crippen LogP contribution is 2.39. The molecule has 1 aliphatic rings. The van der Waals surface area contributed by atoms with E-state index in [0.717, 1.165) is 0 Å². The van der Waals surface area contributed by atoms with Crippen LogP contribution in [0, 0.1) is 6.92 Å². The summed E-state index contributed by atoms with van der Waals surface area (Å²) in [7, 11) is 0. The van der Waals surface area contributed by atoms with Gasteiger partial charge in [-0.1, -0.05) is 24.3 Å². The van der Waals surface area contributed by atoms with Crippen molar-refractivity contribution >= 4 is 22.1 Å². The second-order valence-corrected chi connectivity index (χ2v) is 5.04. The van der Waals surface area contributed by atoms with Crippen LogP contribution in [0.1, 0.15) is 19.4 Å². The molecular formula is C14H16N2. The molecule has 0 fully saturated rings. The van der Waals surface area contributed by atoms with E-state index in [-0.39, 0.29) is 5.66 Å².